The zero-order chi connectivity index (χ0) is 13.2. The third-order valence-electron chi connectivity index (χ3n) is 2.64. The number of carbonyl (C=O) groups is 1. The van der Waals surface area contributed by atoms with Crippen molar-refractivity contribution < 1.29 is 9.53 Å². The molecule has 1 aromatic carbocycles. The Labute approximate surface area is 109 Å². The van der Waals surface area contributed by atoms with Crippen molar-refractivity contribution in [2.75, 3.05) is 0 Å². The number of hydrogen-bond donors (Lipinski definition) is 0. The standard InChI is InChI=1S/C14H11N3O2/c1-10-7-17(9-15-10)8-12-14(18)19-13(16-12)11-5-3-2-4-6-11/h2-9H,1H3/b12-8-. The van der Waals surface area contributed by atoms with E-state index in [0.717, 1.165) is 11.3 Å². The average molecular weight is 253 g/mol. The lowest BCUT2D eigenvalue weighted by Gasteiger charge is -1.97. The number of ether oxygens (including phenoxy) is 1. The van der Waals surface area contributed by atoms with Crippen LogP contribution < -0.4 is 0 Å². The molecule has 0 saturated heterocycles. The van der Waals surface area contributed by atoms with Gasteiger partial charge in [-0.2, -0.15) is 0 Å². The summed E-state index contributed by atoms with van der Waals surface area (Å²) >= 11 is 0. The van der Waals surface area contributed by atoms with Gasteiger partial charge >= 0.3 is 5.97 Å². The van der Waals surface area contributed by atoms with Gasteiger partial charge in [0.25, 0.3) is 0 Å². The average Bonchev–Trinajstić information content (AvgIpc) is 2.98. The third kappa shape index (κ3) is 2.30. The highest BCUT2D eigenvalue weighted by atomic mass is 16.6. The van der Waals surface area contributed by atoms with E-state index in [-0.39, 0.29) is 5.70 Å². The van der Waals surface area contributed by atoms with E-state index in [4.69, 9.17) is 4.74 Å². The van der Waals surface area contributed by atoms with Crippen LogP contribution in [0.25, 0.3) is 6.20 Å². The van der Waals surface area contributed by atoms with Crippen LogP contribution in [0, 0.1) is 6.92 Å². The Morgan fingerprint density at radius 2 is 2.05 bits per heavy atom. The number of cyclic esters (lactones) is 1. The number of benzene rings is 1. The zero-order valence-corrected chi connectivity index (χ0v) is 10.3. The van der Waals surface area contributed by atoms with Gasteiger partial charge in [-0.1, -0.05) is 18.2 Å². The van der Waals surface area contributed by atoms with Gasteiger partial charge < -0.3 is 9.30 Å². The van der Waals surface area contributed by atoms with Crippen LogP contribution in [0.2, 0.25) is 0 Å². The van der Waals surface area contributed by atoms with Crippen LogP contribution in [-0.2, 0) is 9.53 Å². The Kier molecular flexibility index (Phi) is 2.72. The normalized spacial score (nSPS) is 16.6. The Morgan fingerprint density at radius 1 is 1.26 bits per heavy atom. The van der Waals surface area contributed by atoms with E-state index in [1.54, 1.807) is 23.3 Å². The van der Waals surface area contributed by atoms with Crippen molar-refractivity contribution in [1.82, 2.24) is 9.55 Å². The van der Waals surface area contributed by atoms with E-state index in [9.17, 15) is 4.79 Å². The molecule has 1 aliphatic rings. The van der Waals surface area contributed by atoms with Gasteiger partial charge in [-0.15, -0.1) is 0 Å². The lowest BCUT2D eigenvalue weighted by atomic mass is 10.2. The van der Waals surface area contributed by atoms with Crippen LogP contribution in [0.15, 0.2) is 53.5 Å². The van der Waals surface area contributed by atoms with Crippen molar-refractivity contribution in [2.24, 2.45) is 4.99 Å². The lowest BCUT2D eigenvalue weighted by molar-refractivity contribution is -0.129. The van der Waals surface area contributed by atoms with Crippen LogP contribution in [0.1, 0.15) is 11.3 Å². The van der Waals surface area contributed by atoms with E-state index in [2.05, 4.69) is 9.98 Å². The summed E-state index contributed by atoms with van der Waals surface area (Å²) in [5, 5.41) is 0. The molecule has 3 rings (SSSR count). The molecule has 0 saturated carbocycles. The molecule has 2 heterocycles. The molecular weight excluding hydrogens is 242 g/mol. The number of nitrogens with zero attached hydrogens (tertiary/aromatic N) is 3. The number of rotatable bonds is 2. The van der Waals surface area contributed by atoms with E-state index >= 15 is 0 Å². The number of aliphatic imine (C=N–C) groups is 1. The van der Waals surface area contributed by atoms with Crippen LogP contribution in [0.4, 0.5) is 0 Å². The molecule has 0 N–H and O–H groups in total. The number of imidazole rings is 1. The molecule has 0 bridgehead atoms. The minimum atomic E-state index is -0.454. The Bertz CT molecular complexity index is 684. The Balaban J connectivity index is 1.94. The first kappa shape index (κ1) is 11.4. The highest BCUT2D eigenvalue weighted by Crippen LogP contribution is 2.16. The summed E-state index contributed by atoms with van der Waals surface area (Å²) < 4.78 is 6.83. The first-order valence-electron chi connectivity index (χ1n) is 5.80. The van der Waals surface area contributed by atoms with Crippen molar-refractivity contribution in [1.29, 1.82) is 0 Å². The SMILES string of the molecule is Cc1cn(/C=C2\N=C(c3ccccc3)OC2=O)cn1. The second-order valence-electron chi connectivity index (χ2n) is 4.15. The van der Waals surface area contributed by atoms with Crippen molar-refractivity contribution in [3.8, 4) is 0 Å². The topological polar surface area (TPSA) is 56.5 Å². The van der Waals surface area contributed by atoms with Gasteiger partial charge in [0.15, 0.2) is 5.70 Å². The molecule has 0 radical (unpaired) electrons. The fourth-order valence-corrected chi connectivity index (χ4v) is 1.76. The summed E-state index contributed by atoms with van der Waals surface area (Å²) in [7, 11) is 0. The van der Waals surface area contributed by atoms with E-state index in [1.165, 1.54) is 0 Å². The minimum absolute atomic E-state index is 0.260. The highest BCUT2D eigenvalue weighted by molar-refractivity contribution is 6.12. The maximum atomic E-state index is 11.7. The summed E-state index contributed by atoms with van der Waals surface area (Å²) in [5.74, 6) is -0.126. The fraction of sp³-hybridized carbons (Fsp3) is 0.0714. The van der Waals surface area contributed by atoms with Crippen LogP contribution in [0.5, 0.6) is 0 Å². The second-order valence-corrected chi connectivity index (χ2v) is 4.15. The molecule has 5 heteroatoms. The van der Waals surface area contributed by atoms with Gasteiger partial charge in [0.05, 0.1) is 12.0 Å². The quantitative estimate of drug-likeness (QED) is 0.607. The molecule has 5 nitrogen and oxygen atoms in total. The van der Waals surface area contributed by atoms with Crippen molar-refractivity contribution in [2.45, 2.75) is 6.92 Å². The predicted molar refractivity (Wildman–Crippen MR) is 70.3 cm³/mol. The number of aromatic nitrogens is 2. The first-order valence-corrected chi connectivity index (χ1v) is 5.80. The van der Waals surface area contributed by atoms with Crippen molar-refractivity contribution >= 4 is 18.1 Å². The maximum Gasteiger partial charge on any atom is 0.365 e. The summed E-state index contributed by atoms with van der Waals surface area (Å²) in [6, 6.07) is 9.32. The zero-order valence-electron chi connectivity index (χ0n) is 10.3. The van der Waals surface area contributed by atoms with Crippen molar-refractivity contribution in [3.05, 3.63) is 59.8 Å². The fourth-order valence-electron chi connectivity index (χ4n) is 1.76. The van der Waals surface area contributed by atoms with E-state index < -0.39 is 5.97 Å². The third-order valence-corrected chi connectivity index (χ3v) is 2.64. The number of aryl methyl sites for hydroxylation is 1. The van der Waals surface area contributed by atoms with Gasteiger partial charge in [0.2, 0.25) is 5.90 Å². The minimum Gasteiger partial charge on any atom is -0.402 e. The van der Waals surface area contributed by atoms with E-state index in [1.807, 2.05) is 37.3 Å². The maximum absolute atomic E-state index is 11.7. The molecule has 0 fully saturated rings. The molecule has 0 spiro atoms. The summed E-state index contributed by atoms with van der Waals surface area (Å²) in [6.45, 7) is 1.88. The van der Waals surface area contributed by atoms with Gasteiger partial charge in [-0.25, -0.2) is 14.8 Å². The summed E-state index contributed by atoms with van der Waals surface area (Å²) in [4.78, 5) is 20.0. The Morgan fingerprint density at radius 3 is 2.74 bits per heavy atom. The first-order chi connectivity index (χ1) is 9.22. The lowest BCUT2D eigenvalue weighted by Crippen LogP contribution is -2.05. The summed E-state index contributed by atoms with van der Waals surface area (Å²) in [6.07, 6.45) is 5.01. The molecule has 1 aromatic heterocycles. The van der Waals surface area contributed by atoms with Crippen LogP contribution in [0.3, 0.4) is 0 Å². The molecule has 0 unspecified atom stereocenters. The number of carbonyl (C=O) groups excluding carboxylic acids is 1. The van der Waals surface area contributed by atoms with Gasteiger partial charge in [-0.3, -0.25) is 0 Å². The number of hydrogen-bond acceptors (Lipinski definition) is 4. The van der Waals surface area contributed by atoms with Crippen LogP contribution in [-0.4, -0.2) is 21.4 Å². The number of esters is 1. The molecule has 1 aliphatic heterocycles. The molecule has 0 aliphatic carbocycles. The van der Waals surface area contributed by atoms with Crippen LogP contribution >= 0.6 is 0 Å². The van der Waals surface area contributed by atoms with Gasteiger partial charge in [0, 0.05) is 18.0 Å². The van der Waals surface area contributed by atoms with Gasteiger partial charge in [-0.05, 0) is 19.1 Å². The molecular formula is C14H11N3O2. The van der Waals surface area contributed by atoms with E-state index in [0.29, 0.717) is 5.90 Å². The van der Waals surface area contributed by atoms with Gasteiger partial charge in [0.1, 0.15) is 0 Å². The molecule has 19 heavy (non-hydrogen) atoms. The largest absolute Gasteiger partial charge is 0.402 e. The second kappa shape index (κ2) is 4.53. The molecule has 0 atom stereocenters. The molecule has 0 amide bonds. The highest BCUT2D eigenvalue weighted by Gasteiger charge is 2.24. The smallest absolute Gasteiger partial charge is 0.365 e. The summed E-state index contributed by atoms with van der Waals surface area (Å²) in [5.41, 5.74) is 1.91. The predicted octanol–water partition coefficient (Wildman–Crippen LogP) is 1.99. The molecule has 2 aromatic rings. The Hall–Kier alpha value is -2.69. The monoisotopic (exact) mass is 253 g/mol. The van der Waals surface area contributed by atoms with Crippen molar-refractivity contribution in [3.63, 3.8) is 0 Å². The molecule has 94 valence electrons.